The van der Waals surface area contributed by atoms with Crippen molar-refractivity contribution in [3.63, 3.8) is 0 Å². The summed E-state index contributed by atoms with van der Waals surface area (Å²) in [5.74, 6) is 2.47. The molecule has 0 spiro atoms. The average molecular weight is 506 g/mol. The highest BCUT2D eigenvalue weighted by Crippen LogP contribution is 2.33. The maximum atomic E-state index is 10.5. The number of hydrogen-bond donors (Lipinski definition) is 3. The predicted octanol–water partition coefficient (Wildman–Crippen LogP) is 3.98. The van der Waals surface area contributed by atoms with Crippen molar-refractivity contribution in [1.29, 1.82) is 0 Å². The van der Waals surface area contributed by atoms with E-state index in [1.54, 1.807) is 12.0 Å². The van der Waals surface area contributed by atoms with Crippen molar-refractivity contribution in [2.45, 2.75) is 18.9 Å². The molecular weight excluding hydrogens is 470 g/mol. The number of aromatic nitrogens is 1. The van der Waals surface area contributed by atoms with Crippen molar-refractivity contribution in [2.24, 2.45) is 0 Å². The van der Waals surface area contributed by atoms with Gasteiger partial charge in [0.1, 0.15) is 25.1 Å². The third kappa shape index (κ3) is 6.93. The molecule has 4 aromatic rings. The third-order valence-corrected chi connectivity index (χ3v) is 6.22. The molecular formula is C29H35N3O5. The van der Waals surface area contributed by atoms with E-state index in [0.29, 0.717) is 37.1 Å². The van der Waals surface area contributed by atoms with Crippen LogP contribution in [-0.2, 0) is 4.79 Å². The number of aliphatic hydroxyl groups is 1. The van der Waals surface area contributed by atoms with Gasteiger partial charge in [0.05, 0.1) is 12.6 Å². The molecule has 0 saturated carbocycles. The van der Waals surface area contributed by atoms with Gasteiger partial charge in [0, 0.05) is 49.4 Å². The molecule has 2 heterocycles. The van der Waals surface area contributed by atoms with Gasteiger partial charge in [-0.05, 0) is 36.8 Å². The normalized spacial score (nSPS) is 13.9. The summed E-state index contributed by atoms with van der Waals surface area (Å²) in [7, 11) is 3.46. The first-order chi connectivity index (χ1) is 18.1. The van der Waals surface area contributed by atoms with Crippen LogP contribution in [0, 0.1) is 0 Å². The number of hydrogen-bond acceptors (Lipinski definition) is 6. The lowest BCUT2D eigenvalue weighted by Gasteiger charge is -2.15. The van der Waals surface area contributed by atoms with Crippen LogP contribution in [0.4, 0.5) is 0 Å². The van der Waals surface area contributed by atoms with Crippen molar-refractivity contribution >= 4 is 27.7 Å². The minimum atomic E-state index is -0.628. The number of aliphatic hydroxyl groups excluding tert-OH is 1. The van der Waals surface area contributed by atoms with E-state index < -0.39 is 6.10 Å². The zero-order valence-corrected chi connectivity index (χ0v) is 21.4. The van der Waals surface area contributed by atoms with E-state index >= 15 is 0 Å². The highest BCUT2D eigenvalue weighted by atomic mass is 16.5. The second-order valence-corrected chi connectivity index (χ2v) is 8.94. The number of para-hydroxylation sites is 3. The number of rotatable bonds is 10. The Bertz CT molecular complexity index is 1310. The summed E-state index contributed by atoms with van der Waals surface area (Å²) >= 11 is 0. The fourth-order valence-corrected chi connectivity index (χ4v) is 4.26. The van der Waals surface area contributed by atoms with Gasteiger partial charge in [0.15, 0.2) is 11.5 Å². The first-order valence-corrected chi connectivity index (χ1v) is 12.6. The fourth-order valence-electron chi connectivity index (χ4n) is 4.26. The first kappa shape index (κ1) is 26.3. The Labute approximate surface area is 217 Å². The topological polar surface area (TPSA) is 96.1 Å². The van der Waals surface area contributed by atoms with E-state index in [1.165, 1.54) is 0 Å². The van der Waals surface area contributed by atoms with Crippen LogP contribution in [0.5, 0.6) is 17.2 Å². The second kappa shape index (κ2) is 13.0. The number of aromatic amines is 1. The smallest absolute Gasteiger partial charge is 0.222 e. The molecule has 1 aliphatic rings. The zero-order valence-electron chi connectivity index (χ0n) is 21.4. The van der Waals surface area contributed by atoms with Gasteiger partial charge in [0.25, 0.3) is 0 Å². The predicted molar refractivity (Wildman–Crippen MR) is 146 cm³/mol. The van der Waals surface area contributed by atoms with E-state index in [9.17, 15) is 9.90 Å². The number of benzene rings is 3. The molecule has 3 aromatic carbocycles. The second-order valence-electron chi connectivity index (χ2n) is 8.94. The molecule has 0 radical (unpaired) electrons. The molecule has 1 aromatic heterocycles. The Hall–Kier alpha value is -3.75. The monoisotopic (exact) mass is 505 g/mol. The van der Waals surface area contributed by atoms with Crippen molar-refractivity contribution in [1.82, 2.24) is 15.2 Å². The van der Waals surface area contributed by atoms with Crippen LogP contribution in [0.2, 0.25) is 0 Å². The van der Waals surface area contributed by atoms with Crippen molar-refractivity contribution in [3.8, 4) is 17.2 Å². The van der Waals surface area contributed by atoms with Crippen LogP contribution >= 0.6 is 0 Å². The SMILES string of the molecule is CN1CCCC1=O.COc1ccccc1OCCNCC(O)COc1cccc2[nH]c3ccccc3c12. The van der Waals surface area contributed by atoms with Crippen molar-refractivity contribution in [2.75, 3.05) is 47.0 Å². The zero-order chi connectivity index (χ0) is 26.0. The summed E-state index contributed by atoms with van der Waals surface area (Å²) in [6.45, 7) is 2.66. The number of carbonyl (C=O) groups excluding carboxylic acids is 1. The molecule has 8 nitrogen and oxygen atoms in total. The number of H-pyrrole nitrogens is 1. The van der Waals surface area contributed by atoms with Crippen LogP contribution in [0.1, 0.15) is 12.8 Å². The Morgan fingerprint density at radius 2 is 1.70 bits per heavy atom. The van der Waals surface area contributed by atoms with Gasteiger partial charge < -0.3 is 34.5 Å². The molecule has 1 fully saturated rings. The van der Waals surface area contributed by atoms with Gasteiger partial charge in [-0.3, -0.25) is 4.79 Å². The minimum Gasteiger partial charge on any atom is -0.493 e. The lowest BCUT2D eigenvalue weighted by atomic mass is 10.1. The summed E-state index contributed by atoms with van der Waals surface area (Å²) in [6.07, 6.45) is 1.18. The standard InChI is InChI=1S/C24H26N2O4.C5H9NO/c1-28-21-10-4-5-11-22(21)29-14-13-25-15-17(27)16-30-23-12-6-9-20-24(23)18-7-2-3-8-19(18)26-20;1-6-4-2-3-5(6)7/h2-12,17,25-27H,13-16H2,1H3;2-4H2,1H3. The van der Waals surface area contributed by atoms with Crippen molar-refractivity contribution in [3.05, 3.63) is 66.7 Å². The van der Waals surface area contributed by atoms with Crippen LogP contribution in [0.15, 0.2) is 66.7 Å². The molecule has 5 rings (SSSR count). The summed E-state index contributed by atoms with van der Waals surface area (Å²) in [5, 5.41) is 15.6. The number of likely N-dealkylation sites (tertiary alicyclic amines) is 1. The van der Waals surface area contributed by atoms with Crippen LogP contribution in [0.3, 0.4) is 0 Å². The molecule has 37 heavy (non-hydrogen) atoms. The maximum Gasteiger partial charge on any atom is 0.222 e. The van der Waals surface area contributed by atoms with Gasteiger partial charge >= 0.3 is 0 Å². The van der Waals surface area contributed by atoms with E-state index in [-0.39, 0.29) is 6.61 Å². The molecule has 1 unspecified atom stereocenters. The quantitative estimate of drug-likeness (QED) is 0.282. The molecule has 3 N–H and O–H groups in total. The number of nitrogens with one attached hydrogen (secondary N) is 2. The molecule has 0 aliphatic carbocycles. The minimum absolute atomic E-state index is 0.207. The molecule has 0 bridgehead atoms. The summed E-state index contributed by atoms with van der Waals surface area (Å²) in [5.41, 5.74) is 2.09. The van der Waals surface area contributed by atoms with E-state index in [0.717, 1.165) is 46.9 Å². The van der Waals surface area contributed by atoms with Gasteiger partial charge in [0.2, 0.25) is 5.91 Å². The summed E-state index contributed by atoms with van der Waals surface area (Å²) in [6, 6.07) is 21.6. The number of ether oxygens (including phenoxy) is 3. The Morgan fingerprint density at radius 3 is 2.43 bits per heavy atom. The first-order valence-electron chi connectivity index (χ1n) is 12.6. The number of nitrogens with zero attached hydrogens (tertiary/aromatic N) is 1. The van der Waals surface area contributed by atoms with Crippen LogP contribution < -0.4 is 19.5 Å². The van der Waals surface area contributed by atoms with Crippen LogP contribution in [0.25, 0.3) is 21.8 Å². The number of fused-ring (bicyclic) bond motifs is 3. The molecule has 196 valence electrons. The highest BCUT2D eigenvalue weighted by Gasteiger charge is 2.14. The molecule has 1 aliphatic heterocycles. The summed E-state index contributed by atoms with van der Waals surface area (Å²) in [4.78, 5) is 15.7. The van der Waals surface area contributed by atoms with Gasteiger partial charge in [-0.2, -0.15) is 0 Å². The lowest BCUT2D eigenvalue weighted by molar-refractivity contribution is -0.126. The Balaban J connectivity index is 0.000000396. The van der Waals surface area contributed by atoms with E-state index in [1.807, 2.05) is 67.7 Å². The Kier molecular flexibility index (Phi) is 9.24. The third-order valence-electron chi connectivity index (χ3n) is 6.22. The summed E-state index contributed by atoms with van der Waals surface area (Å²) < 4.78 is 16.9. The highest BCUT2D eigenvalue weighted by molar-refractivity contribution is 6.10. The van der Waals surface area contributed by atoms with E-state index in [4.69, 9.17) is 14.2 Å². The Morgan fingerprint density at radius 1 is 0.973 bits per heavy atom. The molecule has 1 atom stereocenters. The lowest BCUT2D eigenvalue weighted by Crippen LogP contribution is -2.33. The number of methoxy groups -OCH3 is 1. The average Bonchev–Trinajstić information content (AvgIpc) is 3.50. The molecule has 8 heteroatoms. The number of carbonyl (C=O) groups is 1. The van der Waals surface area contributed by atoms with Crippen LogP contribution in [-0.4, -0.2) is 74.0 Å². The van der Waals surface area contributed by atoms with E-state index in [2.05, 4.69) is 16.4 Å². The van der Waals surface area contributed by atoms with Crippen molar-refractivity contribution < 1.29 is 24.1 Å². The molecule has 1 amide bonds. The van der Waals surface area contributed by atoms with Gasteiger partial charge in [-0.25, -0.2) is 0 Å². The number of amides is 1. The van der Waals surface area contributed by atoms with Gasteiger partial charge in [-0.15, -0.1) is 0 Å². The largest absolute Gasteiger partial charge is 0.493 e. The molecule has 1 saturated heterocycles. The maximum absolute atomic E-state index is 10.5. The van der Waals surface area contributed by atoms with Gasteiger partial charge in [-0.1, -0.05) is 36.4 Å². The fraction of sp³-hybridized carbons (Fsp3) is 0.345.